The van der Waals surface area contributed by atoms with Crippen LogP contribution in [0.5, 0.6) is 5.75 Å². The highest BCUT2D eigenvalue weighted by Gasteiger charge is 2.29. The molecular formula is C16H18F2O3. The van der Waals surface area contributed by atoms with Crippen LogP contribution < -0.4 is 4.74 Å². The highest BCUT2D eigenvalue weighted by Crippen LogP contribution is 2.34. The molecule has 0 fully saturated rings. The standard InChI is InChI=1S/C16H18F2O3/c1-16(2,3)15(20)21-14-11(17)8-10-9(13(14)18)6-4-5-7-12(10)19/h7-8,19H,4-6H2,1-3H3. The van der Waals surface area contributed by atoms with E-state index in [0.717, 1.165) is 6.07 Å². The van der Waals surface area contributed by atoms with Gasteiger partial charge in [-0.15, -0.1) is 0 Å². The van der Waals surface area contributed by atoms with Gasteiger partial charge < -0.3 is 9.84 Å². The van der Waals surface area contributed by atoms with Gasteiger partial charge in [-0.1, -0.05) is 0 Å². The summed E-state index contributed by atoms with van der Waals surface area (Å²) in [5, 5.41) is 9.81. The summed E-state index contributed by atoms with van der Waals surface area (Å²) in [4.78, 5) is 11.8. The molecule has 0 radical (unpaired) electrons. The predicted octanol–water partition coefficient (Wildman–Crippen LogP) is 4.15. The van der Waals surface area contributed by atoms with Crippen molar-refractivity contribution in [3.8, 4) is 5.75 Å². The number of aliphatic hydroxyl groups is 1. The fourth-order valence-corrected chi connectivity index (χ4v) is 2.08. The quantitative estimate of drug-likeness (QED) is 0.625. The minimum atomic E-state index is -0.995. The zero-order valence-electron chi connectivity index (χ0n) is 12.3. The summed E-state index contributed by atoms with van der Waals surface area (Å²) in [6, 6.07) is 1.01. The Hall–Kier alpha value is -1.91. The summed E-state index contributed by atoms with van der Waals surface area (Å²) >= 11 is 0. The van der Waals surface area contributed by atoms with Crippen LogP contribution in [0.4, 0.5) is 8.78 Å². The van der Waals surface area contributed by atoms with Gasteiger partial charge in [0, 0.05) is 11.1 Å². The Balaban J connectivity index is 2.49. The van der Waals surface area contributed by atoms with Gasteiger partial charge in [0.15, 0.2) is 11.6 Å². The summed E-state index contributed by atoms with van der Waals surface area (Å²) in [5.74, 6) is -3.46. The monoisotopic (exact) mass is 296 g/mol. The highest BCUT2D eigenvalue weighted by atomic mass is 19.1. The van der Waals surface area contributed by atoms with Crippen molar-refractivity contribution in [2.75, 3.05) is 0 Å². The first kappa shape index (κ1) is 15.5. The van der Waals surface area contributed by atoms with E-state index in [4.69, 9.17) is 4.74 Å². The van der Waals surface area contributed by atoms with Crippen LogP contribution in [0.2, 0.25) is 0 Å². The van der Waals surface area contributed by atoms with Gasteiger partial charge in [-0.25, -0.2) is 8.78 Å². The molecule has 0 heterocycles. The molecule has 0 spiro atoms. The molecule has 0 atom stereocenters. The van der Waals surface area contributed by atoms with Gasteiger partial charge >= 0.3 is 5.97 Å². The van der Waals surface area contributed by atoms with Crippen LogP contribution in [0.1, 0.15) is 44.7 Å². The van der Waals surface area contributed by atoms with Gasteiger partial charge in [0.25, 0.3) is 0 Å². The molecule has 0 aromatic heterocycles. The zero-order chi connectivity index (χ0) is 15.8. The zero-order valence-corrected chi connectivity index (χ0v) is 12.3. The molecular weight excluding hydrogens is 278 g/mol. The van der Waals surface area contributed by atoms with E-state index in [1.807, 2.05) is 0 Å². The predicted molar refractivity (Wildman–Crippen MR) is 75.0 cm³/mol. The van der Waals surface area contributed by atoms with E-state index in [2.05, 4.69) is 0 Å². The van der Waals surface area contributed by atoms with Crippen molar-refractivity contribution in [1.82, 2.24) is 0 Å². The Bertz CT molecular complexity index is 613. The number of hydrogen-bond acceptors (Lipinski definition) is 3. The molecule has 1 aromatic carbocycles. The fraction of sp³-hybridized carbons (Fsp3) is 0.438. The number of esters is 1. The number of ether oxygens (including phenoxy) is 1. The van der Waals surface area contributed by atoms with Crippen LogP contribution in [-0.2, 0) is 11.2 Å². The van der Waals surface area contributed by atoms with Crippen molar-refractivity contribution in [1.29, 1.82) is 0 Å². The number of benzene rings is 1. The number of aliphatic hydroxyl groups excluding tert-OH is 1. The maximum absolute atomic E-state index is 14.5. The van der Waals surface area contributed by atoms with E-state index in [1.54, 1.807) is 20.8 Å². The number of fused-ring (bicyclic) bond motifs is 1. The van der Waals surface area contributed by atoms with Crippen molar-refractivity contribution in [3.63, 3.8) is 0 Å². The van der Waals surface area contributed by atoms with E-state index in [-0.39, 0.29) is 16.9 Å². The van der Waals surface area contributed by atoms with Crippen LogP contribution in [0.25, 0.3) is 5.76 Å². The first-order valence-electron chi connectivity index (χ1n) is 6.84. The van der Waals surface area contributed by atoms with Gasteiger partial charge in [-0.3, -0.25) is 4.79 Å². The molecule has 0 aliphatic heterocycles. The lowest BCUT2D eigenvalue weighted by Gasteiger charge is -2.18. The van der Waals surface area contributed by atoms with Crippen molar-refractivity contribution in [2.45, 2.75) is 40.0 Å². The second-order valence-electron chi connectivity index (χ2n) is 6.15. The molecule has 1 aliphatic carbocycles. The Kier molecular flexibility index (Phi) is 4.03. The molecule has 0 saturated carbocycles. The van der Waals surface area contributed by atoms with E-state index in [0.29, 0.717) is 19.3 Å². The molecule has 114 valence electrons. The lowest BCUT2D eigenvalue weighted by molar-refractivity contribution is -0.143. The van der Waals surface area contributed by atoms with Crippen molar-refractivity contribution in [3.05, 3.63) is 34.9 Å². The minimum absolute atomic E-state index is 0.123. The fourth-order valence-electron chi connectivity index (χ4n) is 2.08. The first-order valence-corrected chi connectivity index (χ1v) is 6.84. The number of rotatable bonds is 1. The number of halogens is 2. The number of hydrogen-bond donors (Lipinski definition) is 1. The van der Waals surface area contributed by atoms with Crippen molar-refractivity contribution >= 4 is 11.7 Å². The molecule has 2 rings (SSSR count). The summed E-state index contributed by atoms with van der Waals surface area (Å²) < 4.78 is 33.4. The van der Waals surface area contributed by atoms with Crippen LogP contribution in [-0.4, -0.2) is 11.1 Å². The average Bonchev–Trinajstić information content (AvgIpc) is 2.56. The third-order valence-electron chi connectivity index (χ3n) is 3.33. The molecule has 1 aliphatic rings. The largest absolute Gasteiger partial charge is 0.508 e. The molecule has 0 bridgehead atoms. The number of carbonyl (C=O) groups is 1. The lowest BCUT2D eigenvalue weighted by atomic mass is 9.97. The van der Waals surface area contributed by atoms with Gasteiger partial charge in [0.1, 0.15) is 5.76 Å². The Labute approximate surface area is 122 Å². The van der Waals surface area contributed by atoms with E-state index >= 15 is 0 Å². The number of carbonyl (C=O) groups excluding carboxylic acids is 1. The maximum Gasteiger partial charge on any atom is 0.316 e. The van der Waals surface area contributed by atoms with Crippen LogP contribution >= 0.6 is 0 Å². The van der Waals surface area contributed by atoms with Gasteiger partial charge in [-0.05, 0) is 52.2 Å². The molecule has 5 heteroatoms. The maximum atomic E-state index is 14.5. The average molecular weight is 296 g/mol. The minimum Gasteiger partial charge on any atom is -0.508 e. The molecule has 0 saturated heterocycles. The molecule has 0 unspecified atom stereocenters. The van der Waals surface area contributed by atoms with Crippen LogP contribution in [0, 0.1) is 17.0 Å². The summed E-state index contributed by atoms with van der Waals surface area (Å²) in [5.41, 5.74) is -0.564. The number of allylic oxidation sites excluding steroid dienone is 1. The van der Waals surface area contributed by atoms with Crippen LogP contribution in [0.15, 0.2) is 12.1 Å². The van der Waals surface area contributed by atoms with Crippen LogP contribution in [0.3, 0.4) is 0 Å². The second kappa shape index (κ2) is 5.47. The Morgan fingerprint density at radius 1 is 1.33 bits per heavy atom. The first-order chi connectivity index (χ1) is 9.71. The van der Waals surface area contributed by atoms with Crippen molar-refractivity contribution in [2.24, 2.45) is 5.41 Å². The SMILES string of the molecule is CC(C)(C)C(=O)Oc1c(F)cc2c(c1F)CCCC=C2O. The van der Waals surface area contributed by atoms with Gasteiger partial charge in [0.05, 0.1) is 5.41 Å². The molecule has 1 aromatic rings. The molecule has 21 heavy (non-hydrogen) atoms. The third-order valence-corrected chi connectivity index (χ3v) is 3.33. The smallest absolute Gasteiger partial charge is 0.316 e. The van der Waals surface area contributed by atoms with E-state index < -0.39 is 28.8 Å². The summed E-state index contributed by atoms with van der Waals surface area (Å²) in [7, 11) is 0. The van der Waals surface area contributed by atoms with E-state index in [1.165, 1.54) is 6.08 Å². The Morgan fingerprint density at radius 3 is 2.62 bits per heavy atom. The summed E-state index contributed by atoms with van der Waals surface area (Å²) in [6.07, 6.45) is 3.10. The molecule has 1 N–H and O–H groups in total. The lowest BCUT2D eigenvalue weighted by Crippen LogP contribution is -2.26. The Morgan fingerprint density at radius 2 is 2.00 bits per heavy atom. The highest BCUT2D eigenvalue weighted by molar-refractivity contribution is 5.78. The van der Waals surface area contributed by atoms with Crippen molar-refractivity contribution < 1.29 is 23.4 Å². The van der Waals surface area contributed by atoms with E-state index in [9.17, 15) is 18.7 Å². The van der Waals surface area contributed by atoms with Gasteiger partial charge in [0.2, 0.25) is 5.75 Å². The topological polar surface area (TPSA) is 46.5 Å². The second-order valence-corrected chi connectivity index (χ2v) is 6.15. The normalized spacial score (nSPS) is 15.0. The summed E-state index contributed by atoms with van der Waals surface area (Å²) in [6.45, 7) is 4.80. The molecule has 3 nitrogen and oxygen atoms in total. The molecule has 0 amide bonds. The van der Waals surface area contributed by atoms with Gasteiger partial charge in [-0.2, -0.15) is 0 Å². The third kappa shape index (κ3) is 3.06.